The molecule has 0 bridgehead atoms. The predicted octanol–water partition coefficient (Wildman–Crippen LogP) is 0.672. The van der Waals surface area contributed by atoms with E-state index in [1.807, 2.05) is 0 Å². The van der Waals surface area contributed by atoms with Crippen LogP contribution in [-0.2, 0) is 4.79 Å². The first-order chi connectivity index (χ1) is 5.63. The van der Waals surface area contributed by atoms with Crippen molar-refractivity contribution in [1.82, 2.24) is 5.32 Å². The Morgan fingerprint density at radius 1 is 1.67 bits per heavy atom. The van der Waals surface area contributed by atoms with Crippen LogP contribution >= 0.6 is 0 Å². The molecule has 12 heavy (non-hydrogen) atoms. The van der Waals surface area contributed by atoms with Crippen LogP contribution in [0.1, 0.15) is 33.1 Å². The lowest BCUT2D eigenvalue weighted by atomic mass is 9.82. The summed E-state index contributed by atoms with van der Waals surface area (Å²) in [7, 11) is 0. The van der Waals surface area contributed by atoms with Gasteiger partial charge in [0.25, 0.3) is 0 Å². The van der Waals surface area contributed by atoms with E-state index < -0.39 is 6.10 Å². The molecular weight excluding hydrogens is 154 g/mol. The minimum atomic E-state index is -0.819. The topological polar surface area (TPSA) is 49.3 Å². The van der Waals surface area contributed by atoms with Crippen LogP contribution in [0.5, 0.6) is 0 Å². The molecule has 1 aliphatic rings. The van der Waals surface area contributed by atoms with Crippen LogP contribution in [0.2, 0.25) is 0 Å². The lowest BCUT2D eigenvalue weighted by Crippen LogP contribution is -2.47. The number of hydrogen-bond donors (Lipinski definition) is 2. The molecule has 1 unspecified atom stereocenters. The zero-order chi connectivity index (χ0) is 9.14. The molecule has 1 rings (SSSR count). The molecule has 0 saturated heterocycles. The van der Waals surface area contributed by atoms with Crippen LogP contribution in [0.25, 0.3) is 0 Å². The number of amides is 1. The summed E-state index contributed by atoms with van der Waals surface area (Å²) in [6.07, 6.45) is 1.79. The van der Waals surface area contributed by atoms with Crippen molar-refractivity contribution in [2.24, 2.45) is 5.92 Å². The molecule has 1 aliphatic carbocycles. The van der Waals surface area contributed by atoms with Crippen molar-refractivity contribution in [3.05, 3.63) is 0 Å². The number of carbonyl (C=O) groups is 1. The Morgan fingerprint density at radius 2 is 2.25 bits per heavy atom. The van der Waals surface area contributed by atoms with E-state index >= 15 is 0 Å². The van der Waals surface area contributed by atoms with E-state index in [0.29, 0.717) is 12.5 Å². The fraction of sp³-hybridized carbons (Fsp3) is 0.889. The highest BCUT2D eigenvalue weighted by atomic mass is 16.3. The summed E-state index contributed by atoms with van der Waals surface area (Å²) in [6, 6.07) is 0.314. The summed E-state index contributed by atoms with van der Waals surface area (Å²) in [6.45, 7) is 3.96. The average molecular weight is 171 g/mol. The molecular formula is C9H17NO2. The van der Waals surface area contributed by atoms with E-state index in [1.54, 1.807) is 6.92 Å². The number of hydrogen-bond acceptors (Lipinski definition) is 2. The lowest BCUT2D eigenvalue weighted by Gasteiger charge is -2.33. The summed E-state index contributed by atoms with van der Waals surface area (Å²) in [4.78, 5) is 11.1. The summed E-state index contributed by atoms with van der Waals surface area (Å²) < 4.78 is 0. The van der Waals surface area contributed by atoms with Gasteiger partial charge in [0.2, 0.25) is 5.91 Å². The van der Waals surface area contributed by atoms with Crippen molar-refractivity contribution in [2.75, 3.05) is 0 Å². The van der Waals surface area contributed by atoms with Gasteiger partial charge >= 0.3 is 0 Å². The van der Waals surface area contributed by atoms with Gasteiger partial charge in [-0.2, -0.15) is 0 Å². The molecule has 0 aromatic heterocycles. The van der Waals surface area contributed by atoms with Gasteiger partial charge in [0.15, 0.2) is 0 Å². The third-order valence-electron chi connectivity index (χ3n) is 2.41. The maximum atomic E-state index is 11.1. The molecule has 1 fully saturated rings. The van der Waals surface area contributed by atoms with Crippen LogP contribution in [0, 0.1) is 5.92 Å². The highest BCUT2D eigenvalue weighted by Gasteiger charge is 2.27. The van der Waals surface area contributed by atoms with Crippen molar-refractivity contribution < 1.29 is 9.90 Å². The zero-order valence-electron chi connectivity index (χ0n) is 7.71. The SMILES string of the molecule is CCC(O)C(=O)NC1CC(C)C1. The van der Waals surface area contributed by atoms with Gasteiger partial charge in [-0.15, -0.1) is 0 Å². The Balaban J connectivity index is 2.18. The second kappa shape index (κ2) is 3.90. The third-order valence-corrected chi connectivity index (χ3v) is 2.41. The molecule has 1 atom stereocenters. The van der Waals surface area contributed by atoms with E-state index in [1.165, 1.54) is 0 Å². The number of rotatable bonds is 3. The van der Waals surface area contributed by atoms with Crippen molar-refractivity contribution >= 4 is 5.91 Å². The first kappa shape index (κ1) is 9.52. The minimum absolute atomic E-state index is 0.214. The Bertz CT molecular complexity index is 164. The summed E-state index contributed by atoms with van der Waals surface area (Å²) in [5.74, 6) is 0.517. The molecule has 0 radical (unpaired) electrons. The van der Waals surface area contributed by atoms with Crippen LogP contribution in [0.15, 0.2) is 0 Å². The van der Waals surface area contributed by atoms with Crippen LogP contribution in [0.3, 0.4) is 0 Å². The summed E-state index contributed by atoms with van der Waals surface area (Å²) >= 11 is 0. The number of nitrogens with one attached hydrogen (secondary N) is 1. The van der Waals surface area contributed by atoms with E-state index in [2.05, 4.69) is 12.2 Å². The molecule has 2 N–H and O–H groups in total. The Kier molecular flexibility index (Phi) is 3.09. The van der Waals surface area contributed by atoms with Gasteiger partial charge in [0.1, 0.15) is 6.10 Å². The van der Waals surface area contributed by atoms with E-state index in [4.69, 9.17) is 5.11 Å². The molecule has 1 amide bonds. The Labute approximate surface area is 73.2 Å². The van der Waals surface area contributed by atoms with Crippen molar-refractivity contribution in [3.8, 4) is 0 Å². The smallest absolute Gasteiger partial charge is 0.249 e. The standard InChI is InChI=1S/C9H17NO2/c1-3-8(11)9(12)10-7-4-6(2)5-7/h6-8,11H,3-5H2,1-2H3,(H,10,12). The number of carbonyl (C=O) groups excluding carboxylic acids is 1. The first-order valence-corrected chi connectivity index (χ1v) is 4.62. The molecule has 3 nitrogen and oxygen atoms in total. The maximum Gasteiger partial charge on any atom is 0.249 e. The van der Waals surface area contributed by atoms with Crippen molar-refractivity contribution in [1.29, 1.82) is 0 Å². The highest BCUT2D eigenvalue weighted by molar-refractivity contribution is 5.80. The Hall–Kier alpha value is -0.570. The van der Waals surface area contributed by atoms with Gasteiger partial charge in [0, 0.05) is 6.04 Å². The first-order valence-electron chi connectivity index (χ1n) is 4.62. The third kappa shape index (κ3) is 2.21. The fourth-order valence-corrected chi connectivity index (χ4v) is 1.50. The molecule has 1 saturated carbocycles. The van der Waals surface area contributed by atoms with Gasteiger partial charge in [-0.25, -0.2) is 0 Å². The van der Waals surface area contributed by atoms with Crippen molar-refractivity contribution in [2.45, 2.75) is 45.3 Å². The van der Waals surface area contributed by atoms with Crippen molar-refractivity contribution in [3.63, 3.8) is 0 Å². The maximum absolute atomic E-state index is 11.1. The second-order valence-electron chi connectivity index (χ2n) is 3.71. The molecule has 3 heteroatoms. The molecule has 0 aromatic carbocycles. The van der Waals surface area contributed by atoms with Crippen LogP contribution in [-0.4, -0.2) is 23.2 Å². The molecule has 0 aliphatic heterocycles. The number of aliphatic hydroxyl groups is 1. The van der Waals surface area contributed by atoms with E-state index in [-0.39, 0.29) is 5.91 Å². The molecule has 70 valence electrons. The largest absolute Gasteiger partial charge is 0.383 e. The second-order valence-corrected chi connectivity index (χ2v) is 3.71. The van der Waals surface area contributed by atoms with Crippen LogP contribution in [0.4, 0.5) is 0 Å². The molecule has 0 spiro atoms. The summed E-state index contributed by atoms with van der Waals surface area (Å²) in [5.41, 5.74) is 0. The fourth-order valence-electron chi connectivity index (χ4n) is 1.50. The van der Waals surface area contributed by atoms with Crippen LogP contribution < -0.4 is 5.32 Å². The minimum Gasteiger partial charge on any atom is -0.383 e. The Morgan fingerprint density at radius 3 is 2.67 bits per heavy atom. The van der Waals surface area contributed by atoms with Gasteiger partial charge < -0.3 is 10.4 Å². The van der Waals surface area contributed by atoms with Gasteiger partial charge in [-0.3, -0.25) is 4.79 Å². The molecule has 0 aromatic rings. The predicted molar refractivity (Wildman–Crippen MR) is 46.6 cm³/mol. The zero-order valence-corrected chi connectivity index (χ0v) is 7.71. The van der Waals surface area contributed by atoms with Gasteiger partial charge in [-0.1, -0.05) is 13.8 Å². The normalized spacial score (nSPS) is 30.6. The van der Waals surface area contributed by atoms with E-state index in [0.717, 1.165) is 18.8 Å². The monoisotopic (exact) mass is 171 g/mol. The summed E-state index contributed by atoms with van der Waals surface area (Å²) in [5, 5.41) is 12.0. The van der Waals surface area contributed by atoms with E-state index in [9.17, 15) is 4.79 Å². The molecule has 0 heterocycles. The van der Waals surface area contributed by atoms with Gasteiger partial charge in [-0.05, 0) is 25.2 Å². The van der Waals surface area contributed by atoms with Gasteiger partial charge in [0.05, 0.1) is 0 Å². The average Bonchev–Trinajstić information content (AvgIpc) is 2.00. The lowest BCUT2D eigenvalue weighted by molar-refractivity contribution is -0.131. The highest BCUT2D eigenvalue weighted by Crippen LogP contribution is 2.26. The quantitative estimate of drug-likeness (QED) is 0.655. The number of aliphatic hydroxyl groups excluding tert-OH is 1.